The van der Waals surface area contributed by atoms with Crippen molar-refractivity contribution in [1.82, 2.24) is 15.5 Å². The Morgan fingerprint density at radius 1 is 1.45 bits per heavy atom. The fourth-order valence-electron chi connectivity index (χ4n) is 1.76. The first kappa shape index (κ1) is 14.0. The van der Waals surface area contributed by atoms with E-state index >= 15 is 0 Å². The minimum Gasteiger partial charge on any atom is -0.383 e. The van der Waals surface area contributed by atoms with E-state index in [1.54, 1.807) is 24.5 Å². The van der Waals surface area contributed by atoms with Crippen LogP contribution in [0.3, 0.4) is 0 Å². The fraction of sp³-hybridized carbons (Fsp3) is 0.357. The van der Waals surface area contributed by atoms with Crippen LogP contribution in [-0.2, 0) is 6.54 Å². The van der Waals surface area contributed by atoms with Crippen LogP contribution in [0.2, 0.25) is 0 Å². The summed E-state index contributed by atoms with van der Waals surface area (Å²) in [6, 6.07) is 3.49. The lowest BCUT2D eigenvalue weighted by atomic mass is 10.2. The zero-order valence-corrected chi connectivity index (χ0v) is 11.6. The highest BCUT2D eigenvalue weighted by Gasteiger charge is 2.11. The van der Waals surface area contributed by atoms with Gasteiger partial charge in [0.05, 0.1) is 24.0 Å². The molecule has 0 atom stereocenters. The summed E-state index contributed by atoms with van der Waals surface area (Å²) in [5.41, 5.74) is 2.02. The second kappa shape index (κ2) is 6.70. The maximum atomic E-state index is 12.2. The number of aromatic nitrogens is 2. The van der Waals surface area contributed by atoms with Crippen molar-refractivity contribution in [3.05, 3.63) is 41.5 Å². The van der Waals surface area contributed by atoms with Crippen molar-refractivity contribution in [3.63, 3.8) is 0 Å². The van der Waals surface area contributed by atoms with Crippen molar-refractivity contribution in [2.45, 2.75) is 26.8 Å². The zero-order chi connectivity index (χ0) is 14.4. The molecule has 106 valence electrons. The minimum atomic E-state index is -0.161. The Hall–Kier alpha value is -2.37. The average Bonchev–Trinajstić information content (AvgIpc) is 2.88. The van der Waals surface area contributed by atoms with Crippen molar-refractivity contribution in [1.29, 1.82) is 0 Å². The summed E-state index contributed by atoms with van der Waals surface area (Å²) >= 11 is 0. The number of carbonyl (C=O) groups is 1. The summed E-state index contributed by atoms with van der Waals surface area (Å²) in [6.45, 7) is 5.02. The van der Waals surface area contributed by atoms with Crippen LogP contribution in [-0.4, -0.2) is 22.6 Å². The lowest BCUT2D eigenvalue weighted by Crippen LogP contribution is -2.24. The quantitative estimate of drug-likeness (QED) is 0.843. The number of hydrogen-bond acceptors (Lipinski definition) is 5. The third-order valence-corrected chi connectivity index (χ3v) is 2.74. The van der Waals surface area contributed by atoms with Gasteiger partial charge in [0, 0.05) is 18.8 Å². The van der Waals surface area contributed by atoms with Crippen molar-refractivity contribution >= 4 is 11.6 Å². The zero-order valence-electron chi connectivity index (χ0n) is 11.6. The number of hydrogen-bond donors (Lipinski definition) is 2. The van der Waals surface area contributed by atoms with Gasteiger partial charge < -0.3 is 15.2 Å². The molecular formula is C14H18N4O2. The van der Waals surface area contributed by atoms with E-state index in [2.05, 4.69) is 27.7 Å². The van der Waals surface area contributed by atoms with Crippen LogP contribution >= 0.6 is 0 Å². The van der Waals surface area contributed by atoms with Gasteiger partial charge in [-0.25, -0.2) is 0 Å². The average molecular weight is 274 g/mol. The Morgan fingerprint density at radius 3 is 3.00 bits per heavy atom. The number of carbonyl (C=O) groups excluding carboxylic acids is 1. The van der Waals surface area contributed by atoms with E-state index in [9.17, 15) is 4.79 Å². The van der Waals surface area contributed by atoms with E-state index in [1.165, 1.54) is 0 Å². The van der Waals surface area contributed by atoms with Gasteiger partial charge in [0.25, 0.3) is 5.91 Å². The van der Waals surface area contributed by atoms with Gasteiger partial charge in [0.1, 0.15) is 11.5 Å². The maximum absolute atomic E-state index is 12.2. The van der Waals surface area contributed by atoms with Crippen LogP contribution in [0, 0.1) is 6.92 Å². The predicted molar refractivity (Wildman–Crippen MR) is 75.4 cm³/mol. The monoisotopic (exact) mass is 274 g/mol. The van der Waals surface area contributed by atoms with Gasteiger partial charge in [-0.2, -0.15) is 0 Å². The molecular weight excluding hydrogens is 256 g/mol. The molecule has 0 fully saturated rings. The van der Waals surface area contributed by atoms with Crippen LogP contribution in [0.15, 0.2) is 29.0 Å². The molecule has 1 amide bonds. The van der Waals surface area contributed by atoms with E-state index in [-0.39, 0.29) is 5.91 Å². The van der Waals surface area contributed by atoms with E-state index in [4.69, 9.17) is 4.52 Å². The SMILES string of the molecule is CCCNc1cnccc1C(=O)NCc1cc(C)on1. The number of rotatable bonds is 6. The summed E-state index contributed by atoms with van der Waals surface area (Å²) in [7, 11) is 0. The molecule has 0 bridgehead atoms. The normalized spacial score (nSPS) is 10.3. The number of nitrogens with one attached hydrogen (secondary N) is 2. The van der Waals surface area contributed by atoms with Gasteiger partial charge >= 0.3 is 0 Å². The van der Waals surface area contributed by atoms with Crippen molar-refractivity contribution in [2.75, 3.05) is 11.9 Å². The largest absolute Gasteiger partial charge is 0.383 e. The fourth-order valence-corrected chi connectivity index (χ4v) is 1.76. The first-order valence-corrected chi connectivity index (χ1v) is 6.59. The topological polar surface area (TPSA) is 80.0 Å². The number of pyridine rings is 1. The van der Waals surface area contributed by atoms with Gasteiger partial charge in [-0.05, 0) is 19.4 Å². The standard InChI is InChI=1S/C14H18N4O2/c1-3-5-16-13-9-15-6-4-12(13)14(19)17-8-11-7-10(2)20-18-11/h4,6-7,9,16H,3,5,8H2,1-2H3,(H,17,19). The molecule has 0 saturated heterocycles. The smallest absolute Gasteiger partial charge is 0.253 e. The molecule has 2 N–H and O–H groups in total. The van der Waals surface area contributed by atoms with Gasteiger partial charge in [0.2, 0.25) is 0 Å². The van der Waals surface area contributed by atoms with Crippen LogP contribution in [0.1, 0.15) is 35.2 Å². The van der Waals surface area contributed by atoms with E-state index in [0.717, 1.165) is 24.4 Å². The first-order chi connectivity index (χ1) is 9.70. The molecule has 0 aliphatic heterocycles. The van der Waals surface area contributed by atoms with Crippen molar-refractivity contribution in [3.8, 4) is 0 Å². The Kier molecular flexibility index (Phi) is 4.70. The molecule has 0 aliphatic rings. The summed E-state index contributed by atoms with van der Waals surface area (Å²) in [5, 5.41) is 9.84. The van der Waals surface area contributed by atoms with Crippen LogP contribution in [0.4, 0.5) is 5.69 Å². The van der Waals surface area contributed by atoms with Crippen molar-refractivity contribution < 1.29 is 9.32 Å². The summed E-state index contributed by atoms with van der Waals surface area (Å²) < 4.78 is 4.96. The molecule has 6 nitrogen and oxygen atoms in total. The molecule has 0 aliphatic carbocycles. The van der Waals surface area contributed by atoms with Gasteiger partial charge in [0.15, 0.2) is 0 Å². The van der Waals surface area contributed by atoms with Crippen LogP contribution in [0.25, 0.3) is 0 Å². The molecule has 0 unspecified atom stereocenters. The molecule has 2 rings (SSSR count). The molecule has 0 radical (unpaired) electrons. The molecule has 0 aromatic carbocycles. The maximum Gasteiger partial charge on any atom is 0.253 e. The van der Waals surface area contributed by atoms with Gasteiger partial charge in [-0.3, -0.25) is 9.78 Å². The summed E-state index contributed by atoms with van der Waals surface area (Å²) in [5.74, 6) is 0.565. The number of nitrogens with zero attached hydrogens (tertiary/aromatic N) is 2. The summed E-state index contributed by atoms with van der Waals surface area (Å²) in [6.07, 6.45) is 4.24. The van der Waals surface area contributed by atoms with Crippen LogP contribution in [0.5, 0.6) is 0 Å². The molecule has 0 spiro atoms. The molecule has 6 heteroatoms. The second-order valence-corrected chi connectivity index (χ2v) is 4.46. The molecule has 2 aromatic heterocycles. The number of amides is 1. The molecule has 2 heterocycles. The Balaban J connectivity index is 2.01. The van der Waals surface area contributed by atoms with Crippen LogP contribution < -0.4 is 10.6 Å². The van der Waals surface area contributed by atoms with Crippen molar-refractivity contribution in [2.24, 2.45) is 0 Å². The van der Waals surface area contributed by atoms with Gasteiger partial charge in [-0.1, -0.05) is 12.1 Å². The first-order valence-electron chi connectivity index (χ1n) is 6.59. The second-order valence-electron chi connectivity index (χ2n) is 4.46. The minimum absolute atomic E-state index is 0.161. The summed E-state index contributed by atoms with van der Waals surface area (Å²) in [4.78, 5) is 16.2. The Bertz CT molecular complexity index is 580. The van der Waals surface area contributed by atoms with E-state index in [1.807, 2.05) is 6.92 Å². The lowest BCUT2D eigenvalue weighted by Gasteiger charge is -2.10. The molecule has 0 saturated carbocycles. The Morgan fingerprint density at radius 2 is 2.30 bits per heavy atom. The Labute approximate surface area is 117 Å². The van der Waals surface area contributed by atoms with E-state index < -0.39 is 0 Å². The highest BCUT2D eigenvalue weighted by Crippen LogP contribution is 2.13. The highest BCUT2D eigenvalue weighted by atomic mass is 16.5. The molecule has 2 aromatic rings. The highest BCUT2D eigenvalue weighted by molar-refractivity contribution is 5.99. The predicted octanol–water partition coefficient (Wildman–Crippen LogP) is 2.13. The number of anilines is 1. The van der Waals surface area contributed by atoms with Gasteiger partial charge in [-0.15, -0.1) is 0 Å². The lowest BCUT2D eigenvalue weighted by molar-refractivity contribution is 0.0951. The van der Waals surface area contributed by atoms with E-state index in [0.29, 0.717) is 17.8 Å². The number of aryl methyl sites for hydroxylation is 1. The third kappa shape index (κ3) is 3.57. The third-order valence-electron chi connectivity index (χ3n) is 2.74. The molecule has 20 heavy (non-hydrogen) atoms.